The summed E-state index contributed by atoms with van der Waals surface area (Å²) in [6.07, 6.45) is 0.975. The molecule has 0 aliphatic heterocycles. The van der Waals surface area contributed by atoms with Gasteiger partial charge in [-0.1, -0.05) is 46.3 Å². The lowest BCUT2D eigenvalue weighted by atomic mass is 10.1. The second-order valence-electron chi connectivity index (χ2n) is 3.86. The van der Waals surface area contributed by atoms with Gasteiger partial charge in [0.25, 0.3) is 0 Å². The van der Waals surface area contributed by atoms with Crippen LogP contribution in [0.5, 0.6) is 0 Å². The minimum atomic E-state index is 0.305. The zero-order valence-corrected chi connectivity index (χ0v) is 12.1. The summed E-state index contributed by atoms with van der Waals surface area (Å²) >= 11 is 5.51. The van der Waals surface area contributed by atoms with Crippen molar-refractivity contribution in [2.24, 2.45) is 0 Å². The largest absolute Gasteiger partial charge is 0.384 e. The maximum Gasteiger partial charge on any atom is 0.0738 e. The van der Waals surface area contributed by atoms with E-state index in [1.165, 1.54) is 16.0 Å². The molecular formula is C14H15BrOS. The lowest BCUT2D eigenvalue weighted by molar-refractivity contribution is 0.202. The van der Waals surface area contributed by atoms with E-state index in [9.17, 15) is 0 Å². The highest BCUT2D eigenvalue weighted by molar-refractivity contribution is 9.09. The topological polar surface area (TPSA) is 9.23 Å². The number of alkyl halides is 1. The van der Waals surface area contributed by atoms with Gasteiger partial charge in [-0.2, -0.15) is 0 Å². The Balaban J connectivity index is 2.07. The van der Waals surface area contributed by atoms with Crippen LogP contribution >= 0.6 is 27.3 Å². The van der Waals surface area contributed by atoms with Crippen molar-refractivity contribution in [3.63, 3.8) is 0 Å². The monoisotopic (exact) mass is 310 g/mol. The van der Waals surface area contributed by atoms with Gasteiger partial charge < -0.3 is 4.74 Å². The fourth-order valence-corrected chi connectivity index (χ4v) is 3.18. The van der Waals surface area contributed by atoms with Crippen molar-refractivity contribution in [3.8, 4) is 0 Å². The SMILES string of the molecule is COCCc1ccc(C(Br)c2cccs2)cc1. The Labute approximate surface area is 115 Å². The first kappa shape index (κ1) is 12.8. The van der Waals surface area contributed by atoms with Gasteiger partial charge in [-0.15, -0.1) is 11.3 Å². The molecule has 90 valence electrons. The Kier molecular flexibility index (Phi) is 4.77. The number of thiophene rings is 1. The van der Waals surface area contributed by atoms with Crippen LogP contribution in [0.1, 0.15) is 20.8 Å². The third-order valence-corrected chi connectivity index (χ3v) is 4.92. The molecule has 0 N–H and O–H groups in total. The molecule has 1 nitrogen and oxygen atoms in total. The summed E-state index contributed by atoms with van der Waals surface area (Å²) in [6, 6.07) is 13.0. The standard InChI is InChI=1S/C14H15BrOS/c1-16-9-8-11-4-6-12(7-5-11)14(15)13-3-2-10-17-13/h2-7,10,14H,8-9H2,1H3. The Hall–Kier alpha value is -0.640. The molecule has 3 heteroatoms. The normalized spacial score (nSPS) is 12.6. The lowest BCUT2D eigenvalue weighted by Crippen LogP contribution is -1.95. The third-order valence-electron chi connectivity index (χ3n) is 2.66. The van der Waals surface area contributed by atoms with Crippen molar-refractivity contribution in [2.75, 3.05) is 13.7 Å². The molecule has 0 amide bonds. The number of rotatable bonds is 5. The third kappa shape index (κ3) is 3.41. The van der Waals surface area contributed by atoms with Gasteiger partial charge in [0.15, 0.2) is 0 Å². The highest BCUT2D eigenvalue weighted by atomic mass is 79.9. The number of halogens is 1. The van der Waals surface area contributed by atoms with E-state index in [2.05, 4.69) is 57.7 Å². The maximum absolute atomic E-state index is 5.07. The molecule has 0 saturated carbocycles. The summed E-state index contributed by atoms with van der Waals surface area (Å²) in [5, 5.41) is 2.11. The van der Waals surface area contributed by atoms with Gasteiger partial charge in [-0.3, -0.25) is 0 Å². The van der Waals surface area contributed by atoms with E-state index in [4.69, 9.17) is 4.74 Å². The molecule has 0 bridgehead atoms. The molecule has 1 heterocycles. The Morgan fingerprint density at radius 2 is 2.00 bits per heavy atom. The zero-order chi connectivity index (χ0) is 12.1. The van der Waals surface area contributed by atoms with E-state index >= 15 is 0 Å². The van der Waals surface area contributed by atoms with E-state index in [1.807, 2.05) is 0 Å². The molecule has 0 radical (unpaired) electrons. The van der Waals surface area contributed by atoms with Crippen LogP contribution in [0.2, 0.25) is 0 Å². The molecule has 1 atom stereocenters. The first-order valence-electron chi connectivity index (χ1n) is 5.56. The maximum atomic E-state index is 5.07. The molecule has 0 fully saturated rings. The Bertz CT molecular complexity index is 436. The summed E-state index contributed by atoms with van der Waals surface area (Å²) in [4.78, 5) is 1.65. The zero-order valence-electron chi connectivity index (χ0n) is 9.73. The summed E-state index contributed by atoms with van der Waals surface area (Å²) in [5.74, 6) is 0. The fourth-order valence-electron chi connectivity index (χ4n) is 1.67. The van der Waals surface area contributed by atoms with Gasteiger partial charge in [-0.25, -0.2) is 0 Å². The van der Waals surface area contributed by atoms with Gasteiger partial charge >= 0.3 is 0 Å². The molecule has 0 aliphatic rings. The molecule has 2 rings (SSSR count). The number of benzene rings is 1. The smallest absolute Gasteiger partial charge is 0.0738 e. The summed E-state index contributed by atoms with van der Waals surface area (Å²) < 4.78 is 5.07. The van der Waals surface area contributed by atoms with E-state index in [1.54, 1.807) is 18.4 Å². The van der Waals surface area contributed by atoms with Crippen LogP contribution in [0.3, 0.4) is 0 Å². The molecule has 0 spiro atoms. The van der Waals surface area contributed by atoms with Crippen molar-refractivity contribution >= 4 is 27.3 Å². The van der Waals surface area contributed by atoms with Crippen LogP contribution in [-0.2, 0) is 11.2 Å². The Morgan fingerprint density at radius 1 is 1.24 bits per heavy atom. The number of hydrogen-bond acceptors (Lipinski definition) is 2. The van der Waals surface area contributed by atoms with Crippen molar-refractivity contribution < 1.29 is 4.74 Å². The van der Waals surface area contributed by atoms with Crippen molar-refractivity contribution in [1.29, 1.82) is 0 Å². The minimum absolute atomic E-state index is 0.305. The fraction of sp³-hybridized carbons (Fsp3) is 0.286. The average Bonchev–Trinajstić information content (AvgIpc) is 2.90. The molecule has 1 aromatic heterocycles. The van der Waals surface area contributed by atoms with Gasteiger partial charge in [0.2, 0.25) is 0 Å². The number of methoxy groups -OCH3 is 1. The predicted octanol–water partition coefficient (Wildman–Crippen LogP) is 4.42. The molecule has 1 aromatic carbocycles. The lowest BCUT2D eigenvalue weighted by Gasteiger charge is -2.09. The quantitative estimate of drug-likeness (QED) is 0.743. The van der Waals surface area contributed by atoms with Crippen LogP contribution in [0, 0.1) is 0 Å². The first-order chi connectivity index (χ1) is 8.31. The first-order valence-corrected chi connectivity index (χ1v) is 7.36. The Morgan fingerprint density at radius 3 is 2.59 bits per heavy atom. The second kappa shape index (κ2) is 6.34. The summed E-state index contributed by atoms with van der Waals surface area (Å²) in [5.41, 5.74) is 2.62. The van der Waals surface area contributed by atoms with Crippen molar-refractivity contribution in [1.82, 2.24) is 0 Å². The van der Waals surface area contributed by atoms with Crippen LogP contribution in [0.25, 0.3) is 0 Å². The molecule has 0 aliphatic carbocycles. The average molecular weight is 311 g/mol. The van der Waals surface area contributed by atoms with Gasteiger partial charge in [0.05, 0.1) is 11.4 Å². The van der Waals surface area contributed by atoms with E-state index in [0.717, 1.165) is 13.0 Å². The highest BCUT2D eigenvalue weighted by Gasteiger charge is 2.10. The minimum Gasteiger partial charge on any atom is -0.384 e. The molecule has 17 heavy (non-hydrogen) atoms. The van der Waals surface area contributed by atoms with Crippen molar-refractivity contribution in [3.05, 3.63) is 57.8 Å². The predicted molar refractivity (Wildman–Crippen MR) is 77.1 cm³/mol. The van der Waals surface area contributed by atoms with E-state index < -0.39 is 0 Å². The van der Waals surface area contributed by atoms with Gasteiger partial charge in [0.1, 0.15) is 0 Å². The van der Waals surface area contributed by atoms with Crippen LogP contribution < -0.4 is 0 Å². The molecule has 1 unspecified atom stereocenters. The highest BCUT2D eigenvalue weighted by Crippen LogP contribution is 2.33. The van der Waals surface area contributed by atoms with Crippen molar-refractivity contribution in [2.45, 2.75) is 11.2 Å². The molecule has 2 aromatic rings. The van der Waals surface area contributed by atoms with E-state index in [0.29, 0.717) is 4.83 Å². The number of hydrogen-bond donors (Lipinski definition) is 0. The van der Waals surface area contributed by atoms with Crippen LogP contribution in [0.15, 0.2) is 41.8 Å². The molecular weight excluding hydrogens is 296 g/mol. The van der Waals surface area contributed by atoms with Gasteiger partial charge in [-0.05, 0) is 29.0 Å². The molecule has 0 saturated heterocycles. The summed E-state index contributed by atoms with van der Waals surface area (Å²) in [6.45, 7) is 0.780. The second-order valence-corrected chi connectivity index (χ2v) is 5.76. The van der Waals surface area contributed by atoms with Gasteiger partial charge in [0, 0.05) is 12.0 Å². The van der Waals surface area contributed by atoms with Crippen LogP contribution in [-0.4, -0.2) is 13.7 Å². The van der Waals surface area contributed by atoms with E-state index in [-0.39, 0.29) is 0 Å². The van der Waals surface area contributed by atoms with Crippen LogP contribution in [0.4, 0.5) is 0 Å². The number of ether oxygens (including phenoxy) is 1. The summed E-state index contributed by atoms with van der Waals surface area (Å²) in [7, 11) is 1.74.